The molecule has 1 aromatic carbocycles. The largest absolute Gasteiger partial charge is 0.326 e. The molecule has 1 aliphatic heterocycles. The summed E-state index contributed by atoms with van der Waals surface area (Å²) < 4.78 is 34.8. The molecule has 0 radical (unpaired) electrons. The van der Waals surface area contributed by atoms with Gasteiger partial charge in [-0.2, -0.15) is 8.42 Å². The van der Waals surface area contributed by atoms with Gasteiger partial charge in [-0.05, 0) is 18.2 Å². The Labute approximate surface area is 126 Å². The highest BCUT2D eigenvalue weighted by atomic mass is 35.5. The molecule has 0 spiro atoms. The van der Waals surface area contributed by atoms with E-state index in [1.54, 1.807) is 0 Å². The van der Waals surface area contributed by atoms with E-state index in [0.717, 1.165) is 4.90 Å². The Morgan fingerprint density at radius 2 is 2.14 bits per heavy atom. The van der Waals surface area contributed by atoms with Gasteiger partial charge in [-0.3, -0.25) is 9.59 Å². The summed E-state index contributed by atoms with van der Waals surface area (Å²) >= 11 is 5.99. The van der Waals surface area contributed by atoms with Gasteiger partial charge in [0, 0.05) is 25.6 Å². The van der Waals surface area contributed by atoms with Crippen molar-refractivity contribution >= 4 is 45.0 Å². The Bertz CT molecular complexity index is 707. The summed E-state index contributed by atoms with van der Waals surface area (Å²) in [6.07, 6.45) is -0.431. The number of amides is 2. The van der Waals surface area contributed by atoms with Gasteiger partial charge in [0.2, 0.25) is 11.8 Å². The van der Waals surface area contributed by atoms with Gasteiger partial charge in [0.15, 0.2) is 0 Å². The number of nitrogens with zero attached hydrogens (tertiary/aromatic N) is 1. The van der Waals surface area contributed by atoms with E-state index in [1.165, 1.54) is 25.1 Å². The van der Waals surface area contributed by atoms with Gasteiger partial charge in [-0.25, -0.2) is 0 Å². The van der Waals surface area contributed by atoms with Crippen molar-refractivity contribution < 1.29 is 21.9 Å². The Kier molecular flexibility index (Phi) is 4.20. The van der Waals surface area contributed by atoms with Crippen molar-refractivity contribution in [2.75, 3.05) is 16.8 Å². The standard InChI is InChI=1S/C12H12ClFN2O4S/c1-7(17)15-8-2-3-10(13)11(4-8)16-6-9(5-12(16)18)21(14,19)20/h2-4,9H,5-6H2,1H3,(H,15,17). The molecule has 0 aliphatic carbocycles. The summed E-state index contributed by atoms with van der Waals surface area (Å²) in [6.45, 7) is 1.02. The van der Waals surface area contributed by atoms with Crippen LogP contribution in [-0.4, -0.2) is 32.0 Å². The minimum absolute atomic E-state index is 0.203. The minimum Gasteiger partial charge on any atom is -0.326 e. The van der Waals surface area contributed by atoms with E-state index >= 15 is 0 Å². The van der Waals surface area contributed by atoms with Crippen molar-refractivity contribution in [3.63, 3.8) is 0 Å². The lowest BCUT2D eigenvalue weighted by atomic mass is 10.2. The molecule has 114 valence electrons. The molecule has 1 unspecified atom stereocenters. The van der Waals surface area contributed by atoms with E-state index < -0.39 is 27.8 Å². The van der Waals surface area contributed by atoms with Gasteiger partial charge < -0.3 is 10.2 Å². The zero-order valence-corrected chi connectivity index (χ0v) is 12.5. The van der Waals surface area contributed by atoms with E-state index in [2.05, 4.69) is 5.32 Å². The van der Waals surface area contributed by atoms with Crippen LogP contribution in [0.1, 0.15) is 13.3 Å². The maximum Gasteiger partial charge on any atom is 0.307 e. The number of nitrogens with one attached hydrogen (secondary N) is 1. The molecule has 1 aromatic rings. The minimum atomic E-state index is -4.79. The summed E-state index contributed by atoms with van der Waals surface area (Å²) in [5.41, 5.74) is 0.639. The first-order chi connectivity index (χ1) is 9.68. The zero-order valence-electron chi connectivity index (χ0n) is 11.0. The smallest absolute Gasteiger partial charge is 0.307 e. The summed E-state index contributed by atoms with van der Waals surface area (Å²) in [6, 6.07) is 4.44. The molecule has 0 bridgehead atoms. The molecule has 1 heterocycles. The van der Waals surface area contributed by atoms with Gasteiger partial charge in [0.05, 0.1) is 10.7 Å². The van der Waals surface area contributed by atoms with Gasteiger partial charge in [0.25, 0.3) is 0 Å². The van der Waals surface area contributed by atoms with E-state index in [9.17, 15) is 21.9 Å². The summed E-state index contributed by atoms with van der Waals surface area (Å²) in [5, 5.41) is 1.33. The Morgan fingerprint density at radius 1 is 1.48 bits per heavy atom. The van der Waals surface area contributed by atoms with Crippen LogP contribution in [0, 0.1) is 0 Å². The summed E-state index contributed by atoms with van der Waals surface area (Å²) in [4.78, 5) is 24.0. The normalized spacial score (nSPS) is 18.9. The highest BCUT2D eigenvalue weighted by Gasteiger charge is 2.39. The third-order valence-corrected chi connectivity index (χ3v) is 4.48. The number of hydrogen-bond donors (Lipinski definition) is 1. The highest BCUT2D eigenvalue weighted by Crippen LogP contribution is 2.33. The lowest BCUT2D eigenvalue weighted by molar-refractivity contribution is -0.117. The van der Waals surface area contributed by atoms with Crippen LogP contribution in [0.15, 0.2) is 18.2 Å². The Morgan fingerprint density at radius 3 is 2.67 bits per heavy atom. The predicted octanol–water partition coefficient (Wildman–Crippen LogP) is 1.70. The second-order valence-electron chi connectivity index (χ2n) is 4.65. The monoisotopic (exact) mass is 334 g/mol. The molecule has 6 nitrogen and oxygen atoms in total. The Balaban J connectivity index is 2.33. The molecular formula is C12H12ClFN2O4S. The van der Waals surface area contributed by atoms with Crippen molar-refractivity contribution in [1.82, 2.24) is 0 Å². The Hall–Kier alpha value is -1.67. The molecule has 9 heteroatoms. The fraction of sp³-hybridized carbons (Fsp3) is 0.333. The first-order valence-electron chi connectivity index (χ1n) is 5.99. The van der Waals surface area contributed by atoms with Crippen LogP contribution in [0.4, 0.5) is 15.3 Å². The fourth-order valence-electron chi connectivity index (χ4n) is 2.10. The number of hydrogen-bond acceptors (Lipinski definition) is 4. The van der Waals surface area contributed by atoms with E-state index in [0.29, 0.717) is 5.69 Å². The van der Waals surface area contributed by atoms with E-state index in [4.69, 9.17) is 11.6 Å². The van der Waals surface area contributed by atoms with Crippen LogP contribution in [0.2, 0.25) is 5.02 Å². The molecule has 2 rings (SSSR count). The predicted molar refractivity (Wildman–Crippen MR) is 76.5 cm³/mol. The molecule has 21 heavy (non-hydrogen) atoms. The zero-order chi connectivity index (χ0) is 15.8. The van der Waals surface area contributed by atoms with Crippen LogP contribution in [0.25, 0.3) is 0 Å². The molecule has 2 amide bonds. The molecule has 1 fully saturated rings. The third kappa shape index (κ3) is 3.51. The SMILES string of the molecule is CC(=O)Nc1ccc(Cl)c(N2CC(S(=O)(=O)F)CC2=O)c1. The fourth-order valence-corrected chi connectivity index (χ4v) is 2.99. The van der Waals surface area contributed by atoms with Crippen LogP contribution >= 0.6 is 11.6 Å². The van der Waals surface area contributed by atoms with Crippen LogP contribution in [0.5, 0.6) is 0 Å². The molecule has 1 saturated heterocycles. The number of carbonyl (C=O) groups is 2. The molecular weight excluding hydrogens is 323 g/mol. The number of carbonyl (C=O) groups excluding carboxylic acids is 2. The van der Waals surface area contributed by atoms with Crippen molar-refractivity contribution in [3.8, 4) is 0 Å². The van der Waals surface area contributed by atoms with Crippen molar-refractivity contribution in [1.29, 1.82) is 0 Å². The third-order valence-electron chi connectivity index (χ3n) is 3.05. The maximum atomic E-state index is 13.0. The summed E-state index contributed by atoms with van der Waals surface area (Å²) in [7, 11) is -4.79. The van der Waals surface area contributed by atoms with Crippen molar-refractivity contribution in [2.45, 2.75) is 18.6 Å². The second kappa shape index (κ2) is 5.61. The van der Waals surface area contributed by atoms with Crippen molar-refractivity contribution in [3.05, 3.63) is 23.2 Å². The van der Waals surface area contributed by atoms with Crippen LogP contribution < -0.4 is 10.2 Å². The van der Waals surface area contributed by atoms with Gasteiger partial charge >= 0.3 is 10.2 Å². The number of anilines is 2. The molecule has 1 atom stereocenters. The first kappa shape index (κ1) is 15.7. The lowest BCUT2D eigenvalue weighted by Crippen LogP contribution is -2.27. The molecule has 1 N–H and O–H groups in total. The van der Waals surface area contributed by atoms with Gasteiger partial charge in [0.1, 0.15) is 5.25 Å². The second-order valence-corrected chi connectivity index (χ2v) is 6.68. The number of benzene rings is 1. The first-order valence-corrected chi connectivity index (χ1v) is 7.82. The molecule has 0 saturated carbocycles. The topological polar surface area (TPSA) is 83.6 Å². The van der Waals surface area contributed by atoms with Crippen molar-refractivity contribution in [2.24, 2.45) is 0 Å². The molecule has 0 aromatic heterocycles. The average Bonchev–Trinajstić information content (AvgIpc) is 2.73. The number of rotatable bonds is 3. The average molecular weight is 335 g/mol. The van der Waals surface area contributed by atoms with Gasteiger partial charge in [-0.1, -0.05) is 11.6 Å². The molecule has 1 aliphatic rings. The van der Waals surface area contributed by atoms with E-state index in [-0.39, 0.29) is 23.2 Å². The van der Waals surface area contributed by atoms with E-state index in [1.807, 2.05) is 0 Å². The van der Waals surface area contributed by atoms with Crippen LogP contribution in [-0.2, 0) is 19.8 Å². The lowest BCUT2D eigenvalue weighted by Gasteiger charge is -2.18. The van der Waals surface area contributed by atoms with Crippen LogP contribution in [0.3, 0.4) is 0 Å². The summed E-state index contributed by atoms with van der Waals surface area (Å²) in [5.74, 6) is -0.844. The quantitative estimate of drug-likeness (QED) is 0.853. The maximum absolute atomic E-state index is 13.0. The number of halogens is 2. The van der Waals surface area contributed by atoms with Gasteiger partial charge in [-0.15, -0.1) is 3.89 Å². The highest BCUT2D eigenvalue weighted by molar-refractivity contribution is 7.87.